The summed E-state index contributed by atoms with van der Waals surface area (Å²) in [5, 5.41) is 6.14. The van der Waals surface area contributed by atoms with Crippen LogP contribution >= 0.6 is 30.8 Å². The lowest BCUT2D eigenvalue weighted by atomic mass is 9.97. The summed E-state index contributed by atoms with van der Waals surface area (Å²) >= 11 is 12.7. The monoisotopic (exact) mass is 479 g/mol. The van der Waals surface area contributed by atoms with Crippen molar-refractivity contribution in [1.82, 2.24) is 0 Å². The number of halogens is 2. The molecule has 0 aliphatic carbocycles. The fraction of sp³-hybridized carbons (Fsp3) is 0.304. The predicted molar refractivity (Wildman–Crippen MR) is 127 cm³/mol. The molecule has 0 saturated carbocycles. The van der Waals surface area contributed by atoms with E-state index in [0.717, 1.165) is 16.5 Å². The number of benzene rings is 3. The summed E-state index contributed by atoms with van der Waals surface area (Å²) in [4.78, 5) is 0. The number of methoxy groups -OCH3 is 1. The summed E-state index contributed by atoms with van der Waals surface area (Å²) in [6.07, 6.45) is 0. The Morgan fingerprint density at radius 3 is 2.45 bits per heavy atom. The lowest BCUT2D eigenvalue weighted by molar-refractivity contribution is 0.0387. The average Bonchev–Trinajstić information content (AvgIpc) is 2.74. The third-order valence-electron chi connectivity index (χ3n) is 5.20. The normalized spacial score (nSPS) is 18.5. The van der Waals surface area contributed by atoms with Crippen LogP contribution in [0.25, 0.3) is 10.8 Å². The van der Waals surface area contributed by atoms with Gasteiger partial charge in [-0.25, -0.2) is 0 Å². The van der Waals surface area contributed by atoms with Crippen LogP contribution < -0.4 is 10.1 Å². The minimum Gasteiger partial charge on any atom is -0.495 e. The van der Waals surface area contributed by atoms with Crippen LogP contribution in [0.2, 0.25) is 10.0 Å². The summed E-state index contributed by atoms with van der Waals surface area (Å²) in [5.41, 5.74) is 1.05. The summed E-state index contributed by atoms with van der Waals surface area (Å²) in [7, 11) is -2.15. The Bertz CT molecular complexity index is 1150. The van der Waals surface area contributed by atoms with Gasteiger partial charge in [-0.2, -0.15) is 0 Å². The van der Waals surface area contributed by atoms with E-state index in [1.54, 1.807) is 12.1 Å². The Labute approximate surface area is 192 Å². The summed E-state index contributed by atoms with van der Waals surface area (Å²) in [6.45, 7) is 4.60. The maximum absolute atomic E-state index is 14.0. The smallest absolute Gasteiger partial charge is 0.357 e. The van der Waals surface area contributed by atoms with E-state index in [1.165, 1.54) is 7.11 Å². The van der Waals surface area contributed by atoms with E-state index in [2.05, 4.69) is 5.32 Å². The number of nitrogens with one attached hydrogen (secondary N) is 1. The number of rotatable bonds is 5. The Morgan fingerprint density at radius 1 is 1.06 bits per heavy atom. The predicted octanol–water partition coefficient (Wildman–Crippen LogP) is 7.53. The van der Waals surface area contributed by atoms with Crippen molar-refractivity contribution in [2.75, 3.05) is 25.6 Å². The van der Waals surface area contributed by atoms with Crippen LogP contribution in [0.15, 0.2) is 54.6 Å². The minimum atomic E-state index is -3.66. The van der Waals surface area contributed by atoms with Crippen molar-refractivity contribution < 1.29 is 18.3 Å². The molecule has 0 amide bonds. The van der Waals surface area contributed by atoms with Gasteiger partial charge >= 0.3 is 7.60 Å². The highest BCUT2D eigenvalue weighted by molar-refractivity contribution is 7.54. The van der Waals surface area contributed by atoms with Gasteiger partial charge in [0, 0.05) is 27.1 Å². The van der Waals surface area contributed by atoms with Gasteiger partial charge in [0.1, 0.15) is 5.75 Å². The van der Waals surface area contributed by atoms with Crippen molar-refractivity contribution in [2.45, 2.75) is 19.6 Å². The van der Waals surface area contributed by atoms with Crippen LogP contribution in [0.1, 0.15) is 25.2 Å². The van der Waals surface area contributed by atoms with E-state index >= 15 is 0 Å². The van der Waals surface area contributed by atoms with Gasteiger partial charge in [0.25, 0.3) is 0 Å². The standard InChI is InChI=1S/C23H24Cl2NO4P/c1-23(2)13-29-31(27,30-14-23)22(18-11-16(24)12-19(25)21(18)28-3)26-20-10-6-8-15-7-4-5-9-17(15)20/h4-12,22,26H,13-14H2,1-3H3/t22-/m1/s1. The van der Waals surface area contributed by atoms with Crippen molar-refractivity contribution in [3.63, 3.8) is 0 Å². The molecule has 0 spiro atoms. The SMILES string of the molecule is COc1c(Cl)cc(Cl)cc1[C@H](Nc1cccc2ccccc12)P1(=O)OCC(C)(C)CO1. The lowest BCUT2D eigenvalue weighted by Gasteiger charge is -2.38. The van der Waals surface area contributed by atoms with E-state index in [4.69, 9.17) is 37.0 Å². The van der Waals surface area contributed by atoms with Gasteiger partial charge < -0.3 is 19.1 Å². The van der Waals surface area contributed by atoms with Crippen LogP contribution in [-0.4, -0.2) is 20.3 Å². The number of ether oxygens (including phenoxy) is 1. The third-order valence-corrected chi connectivity index (χ3v) is 7.72. The molecule has 1 N–H and O–H groups in total. The molecule has 1 saturated heterocycles. The van der Waals surface area contributed by atoms with E-state index in [9.17, 15) is 4.57 Å². The first kappa shape index (κ1) is 22.4. The fourth-order valence-corrected chi connectivity index (χ4v) is 6.43. The molecule has 0 bridgehead atoms. The van der Waals surface area contributed by atoms with E-state index in [0.29, 0.717) is 34.6 Å². The number of anilines is 1. The molecular formula is C23H24Cl2NO4P. The van der Waals surface area contributed by atoms with Crippen molar-refractivity contribution in [2.24, 2.45) is 5.41 Å². The van der Waals surface area contributed by atoms with Crippen molar-refractivity contribution in [1.29, 1.82) is 0 Å². The quantitative estimate of drug-likeness (QED) is 0.383. The molecule has 5 nitrogen and oxygen atoms in total. The molecule has 1 aliphatic heterocycles. The second-order valence-electron chi connectivity index (χ2n) is 8.33. The molecular weight excluding hydrogens is 456 g/mol. The van der Waals surface area contributed by atoms with Crippen LogP contribution in [0.5, 0.6) is 5.75 Å². The van der Waals surface area contributed by atoms with Crippen molar-refractivity contribution in [3.8, 4) is 5.75 Å². The Kier molecular flexibility index (Phi) is 6.26. The molecule has 0 radical (unpaired) electrons. The highest BCUT2D eigenvalue weighted by Gasteiger charge is 2.45. The first-order valence-electron chi connectivity index (χ1n) is 9.88. The van der Waals surface area contributed by atoms with Gasteiger partial charge in [-0.15, -0.1) is 0 Å². The number of hydrogen-bond donors (Lipinski definition) is 1. The number of hydrogen-bond acceptors (Lipinski definition) is 5. The Hall–Kier alpha value is -1.75. The molecule has 8 heteroatoms. The van der Waals surface area contributed by atoms with Gasteiger partial charge in [0.15, 0.2) is 5.78 Å². The lowest BCUT2D eigenvalue weighted by Crippen LogP contribution is -2.32. The molecule has 1 heterocycles. The Balaban J connectivity index is 1.85. The third kappa shape index (κ3) is 4.57. The molecule has 1 aliphatic rings. The second kappa shape index (κ2) is 8.65. The van der Waals surface area contributed by atoms with Gasteiger partial charge in [-0.05, 0) is 23.6 Å². The topological polar surface area (TPSA) is 56.8 Å². The van der Waals surface area contributed by atoms with Gasteiger partial charge in [0.05, 0.1) is 25.3 Å². The van der Waals surface area contributed by atoms with E-state index in [1.807, 2.05) is 56.3 Å². The molecule has 1 atom stereocenters. The number of fused-ring (bicyclic) bond motifs is 1. The van der Waals surface area contributed by atoms with Gasteiger partial charge in [-0.3, -0.25) is 4.57 Å². The summed E-state index contributed by atoms with van der Waals surface area (Å²) < 4.78 is 31.3. The highest BCUT2D eigenvalue weighted by Crippen LogP contribution is 2.65. The summed E-state index contributed by atoms with van der Waals surface area (Å²) in [5.74, 6) is -0.503. The molecule has 31 heavy (non-hydrogen) atoms. The molecule has 4 rings (SSSR count). The van der Waals surface area contributed by atoms with Crippen LogP contribution in [0.3, 0.4) is 0 Å². The van der Waals surface area contributed by atoms with E-state index < -0.39 is 13.4 Å². The minimum absolute atomic E-state index is 0.242. The molecule has 164 valence electrons. The maximum atomic E-state index is 14.0. The van der Waals surface area contributed by atoms with Crippen LogP contribution in [-0.2, 0) is 13.6 Å². The van der Waals surface area contributed by atoms with Crippen molar-refractivity contribution in [3.05, 3.63) is 70.2 Å². The van der Waals surface area contributed by atoms with Gasteiger partial charge in [-0.1, -0.05) is 73.4 Å². The van der Waals surface area contributed by atoms with Gasteiger partial charge in [0.2, 0.25) is 0 Å². The zero-order chi connectivity index (χ0) is 22.2. The largest absolute Gasteiger partial charge is 0.495 e. The van der Waals surface area contributed by atoms with Crippen LogP contribution in [0, 0.1) is 5.41 Å². The van der Waals surface area contributed by atoms with Crippen LogP contribution in [0.4, 0.5) is 5.69 Å². The molecule has 0 aromatic heterocycles. The molecule has 3 aromatic carbocycles. The molecule has 1 fully saturated rings. The first-order chi connectivity index (χ1) is 14.7. The maximum Gasteiger partial charge on any atom is 0.357 e. The van der Waals surface area contributed by atoms with Crippen molar-refractivity contribution >= 4 is 47.3 Å². The first-order valence-corrected chi connectivity index (χ1v) is 12.3. The fourth-order valence-electron chi connectivity index (χ4n) is 3.58. The zero-order valence-corrected chi connectivity index (χ0v) is 19.9. The van der Waals surface area contributed by atoms with E-state index in [-0.39, 0.29) is 5.41 Å². The average molecular weight is 480 g/mol. The Morgan fingerprint density at radius 2 is 1.74 bits per heavy atom. The molecule has 0 unspecified atom stereocenters. The zero-order valence-electron chi connectivity index (χ0n) is 17.5. The summed E-state index contributed by atoms with van der Waals surface area (Å²) in [6, 6.07) is 17.1. The second-order valence-corrected chi connectivity index (χ2v) is 11.3. The highest BCUT2D eigenvalue weighted by atomic mass is 35.5. The molecule has 3 aromatic rings.